The number of nitrogens with one attached hydrogen (secondary N) is 1. The number of nitrogens with zero attached hydrogens (tertiary/aromatic N) is 3. The van der Waals surface area contributed by atoms with Crippen LogP contribution in [0.15, 0.2) is 35.4 Å². The van der Waals surface area contributed by atoms with E-state index in [1.165, 1.54) is 4.68 Å². The van der Waals surface area contributed by atoms with Crippen LogP contribution < -0.4 is 5.32 Å². The zero-order chi connectivity index (χ0) is 14.4. The van der Waals surface area contributed by atoms with E-state index in [0.29, 0.717) is 12.1 Å². The van der Waals surface area contributed by atoms with E-state index >= 15 is 0 Å². The summed E-state index contributed by atoms with van der Waals surface area (Å²) >= 11 is 1.58. The molecule has 106 valence electrons. The van der Waals surface area contributed by atoms with E-state index in [-0.39, 0.29) is 19.1 Å². The number of aromatic nitrogens is 3. The van der Waals surface area contributed by atoms with Gasteiger partial charge in [0.25, 0.3) is 0 Å². The van der Waals surface area contributed by atoms with Crippen molar-refractivity contribution in [1.82, 2.24) is 15.0 Å². The Kier molecular flexibility index (Phi) is 5.14. The number of hydrogen-bond donors (Lipinski definition) is 2. The highest BCUT2D eigenvalue weighted by Crippen LogP contribution is 2.24. The number of anilines is 1. The Labute approximate surface area is 121 Å². The zero-order valence-electron chi connectivity index (χ0n) is 11.1. The molecule has 0 saturated heterocycles. The molecule has 0 atom stereocenters. The van der Waals surface area contributed by atoms with Gasteiger partial charge >= 0.3 is 0 Å². The Bertz CT molecular complexity index is 585. The zero-order valence-corrected chi connectivity index (χ0v) is 11.9. The summed E-state index contributed by atoms with van der Waals surface area (Å²) in [5.41, 5.74) is 1.46. The first-order chi connectivity index (χ1) is 9.72. The predicted octanol–water partition coefficient (Wildman–Crippen LogP) is 1.17. The molecule has 0 bridgehead atoms. The molecule has 1 aromatic heterocycles. The number of carbonyl (C=O) groups excluding carboxylic acids is 1. The normalized spacial score (nSPS) is 10.5. The molecule has 0 spiro atoms. The summed E-state index contributed by atoms with van der Waals surface area (Å²) in [6, 6.07) is 7.63. The van der Waals surface area contributed by atoms with Crippen LogP contribution in [0.2, 0.25) is 0 Å². The maximum absolute atomic E-state index is 12.0. The number of para-hydroxylation sites is 1. The summed E-state index contributed by atoms with van der Waals surface area (Å²) in [4.78, 5) is 13.0. The topological polar surface area (TPSA) is 80.0 Å². The highest BCUT2D eigenvalue weighted by Gasteiger charge is 2.08. The molecule has 0 fully saturated rings. The van der Waals surface area contributed by atoms with Gasteiger partial charge in [0.15, 0.2) is 0 Å². The summed E-state index contributed by atoms with van der Waals surface area (Å²) < 4.78 is 1.46. The van der Waals surface area contributed by atoms with Crippen molar-refractivity contribution in [3.05, 3.63) is 36.2 Å². The van der Waals surface area contributed by atoms with E-state index < -0.39 is 0 Å². The van der Waals surface area contributed by atoms with Crippen LogP contribution in [0.5, 0.6) is 0 Å². The molecule has 0 aliphatic heterocycles. The van der Waals surface area contributed by atoms with Crippen molar-refractivity contribution in [3.8, 4) is 0 Å². The van der Waals surface area contributed by atoms with Gasteiger partial charge in [0.05, 0.1) is 11.4 Å². The van der Waals surface area contributed by atoms with Gasteiger partial charge in [-0.05, 0) is 18.4 Å². The molecule has 20 heavy (non-hydrogen) atoms. The van der Waals surface area contributed by atoms with Crippen molar-refractivity contribution in [3.63, 3.8) is 0 Å². The fourth-order valence-corrected chi connectivity index (χ4v) is 2.28. The van der Waals surface area contributed by atoms with E-state index in [2.05, 4.69) is 15.6 Å². The Balaban J connectivity index is 1.97. The molecule has 0 saturated carbocycles. The van der Waals surface area contributed by atoms with Crippen molar-refractivity contribution < 1.29 is 9.90 Å². The lowest BCUT2D eigenvalue weighted by atomic mass is 10.3. The van der Waals surface area contributed by atoms with E-state index in [0.717, 1.165) is 10.6 Å². The minimum absolute atomic E-state index is 0.0198. The third-order valence-electron chi connectivity index (χ3n) is 2.64. The molecule has 2 aromatic rings. The van der Waals surface area contributed by atoms with Crippen molar-refractivity contribution in [2.45, 2.75) is 17.9 Å². The van der Waals surface area contributed by atoms with Crippen molar-refractivity contribution >= 4 is 23.4 Å². The molecule has 7 heteroatoms. The molecular weight excluding hydrogens is 276 g/mol. The summed E-state index contributed by atoms with van der Waals surface area (Å²) in [6.45, 7) is 0.118. The standard InChI is InChI=1S/C13H16N4O2S/c1-20-12-5-3-2-4-11(12)14-13(19)9-17-8-10(6-7-18)15-16-17/h2-5,8,18H,6-7,9H2,1H3,(H,14,19). The maximum atomic E-state index is 12.0. The molecule has 1 heterocycles. The molecule has 0 aliphatic carbocycles. The second-order valence-electron chi connectivity index (χ2n) is 4.13. The molecule has 1 aromatic carbocycles. The molecule has 1 amide bonds. The molecular formula is C13H16N4O2S. The first kappa shape index (κ1) is 14.5. The minimum atomic E-state index is -0.160. The highest BCUT2D eigenvalue weighted by atomic mass is 32.2. The van der Waals surface area contributed by atoms with Crippen LogP contribution >= 0.6 is 11.8 Å². The lowest BCUT2D eigenvalue weighted by Gasteiger charge is -2.08. The largest absolute Gasteiger partial charge is 0.396 e. The molecule has 0 radical (unpaired) electrons. The maximum Gasteiger partial charge on any atom is 0.246 e. The Hall–Kier alpha value is -1.86. The second kappa shape index (κ2) is 7.06. The first-order valence-corrected chi connectivity index (χ1v) is 7.38. The summed E-state index contributed by atoms with van der Waals surface area (Å²) in [5.74, 6) is -0.160. The number of benzene rings is 1. The Morgan fingerprint density at radius 2 is 2.25 bits per heavy atom. The molecule has 0 aliphatic rings. The molecule has 2 rings (SSSR count). The van der Waals surface area contributed by atoms with Crippen LogP contribution in [0, 0.1) is 0 Å². The van der Waals surface area contributed by atoms with Crippen LogP contribution in [-0.2, 0) is 17.8 Å². The number of hydrogen-bond acceptors (Lipinski definition) is 5. The van der Waals surface area contributed by atoms with E-state index in [4.69, 9.17) is 5.11 Å². The average Bonchev–Trinajstić information content (AvgIpc) is 2.87. The third-order valence-corrected chi connectivity index (χ3v) is 3.44. The predicted molar refractivity (Wildman–Crippen MR) is 77.7 cm³/mol. The number of rotatable bonds is 6. The molecule has 6 nitrogen and oxygen atoms in total. The van der Waals surface area contributed by atoms with Crippen molar-refractivity contribution in [2.75, 3.05) is 18.2 Å². The number of aliphatic hydroxyl groups is 1. The number of amides is 1. The van der Waals surface area contributed by atoms with Gasteiger partial charge in [-0.15, -0.1) is 16.9 Å². The number of carbonyl (C=O) groups is 1. The van der Waals surface area contributed by atoms with Crippen LogP contribution in [0.4, 0.5) is 5.69 Å². The van der Waals surface area contributed by atoms with Gasteiger partial charge in [-0.25, -0.2) is 4.68 Å². The summed E-state index contributed by atoms with van der Waals surface area (Å²) in [7, 11) is 0. The van der Waals surface area contributed by atoms with Gasteiger partial charge in [0.1, 0.15) is 6.54 Å². The SMILES string of the molecule is CSc1ccccc1NC(=O)Cn1cc(CCO)nn1. The van der Waals surface area contributed by atoms with Crippen LogP contribution in [0.1, 0.15) is 5.69 Å². The van der Waals surface area contributed by atoms with Crippen LogP contribution in [0.3, 0.4) is 0 Å². The lowest BCUT2D eigenvalue weighted by molar-refractivity contribution is -0.116. The monoisotopic (exact) mass is 292 g/mol. The van der Waals surface area contributed by atoms with Gasteiger partial charge in [-0.3, -0.25) is 4.79 Å². The van der Waals surface area contributed by atoms with Gasteiger partial charge < -0.3 is 10.4 Å². The quantitative estimate of drug-likeness (QED) is 0.781. The number of thioether (sulfide) groups is 1. The average molecular weight is 292 g/mol. The molecule has 0 unspecified atom stereocenters. The van der Waals surface area contributed by atoms with E-state index in [1.807, 2.05) is 30.5 Å². The smallest absolute Gasteiger partial charge is 0.246 e. The minimum Gasteiger partial charge on any atom is -0.396 e. The molecule has 2 N–H and O–H groups in total. The second-order valence-corrected chi connectivity index (χ2v) is 4.98. The van der Waals surface area contributed by atoms with Crippen molar-refractivity contribution in [2.24, 2.45) is 0 Å². The van der Waals surface area contributed by atoms with E-state index in [1.54, 1.807) is 18.0 Å². The van der Waals surface area contributed by atoms with Gasteiger partial charge in [0, 0.05) is 24.1 Å². The first-order valence-electron chi connectivity index (χ1n) is 6.15. The van der Waals surface area contributed by atoms with Gasteiger partial charge in [-0.1, -0.05) is 17.3 Å². The Morgan fingerprint density at radius 3 is 3.00 bits per heavy atom. The van der Waals surface area contributed by atoms with Crippen molar-refractivity contribution in [1.29, 1.82) is 0 Å². The lowest BCUT2D eigenvalue weighted by Crippen LogP contribution is -2.19. The van der Waals surface area contributed by atoms with Gasteiger partial charge in [0.2, 0.25) is 5.91 Å². The van der Waals surface area contributed by atoms with Crippen LogP contribution in [0.25, 0.3) is 0 Å². The Morgan fingerprint density at radius 1 is 1.45 bits per heavy atom. The highest BCUT2D eigenvalue weighted by molar-refractivity contribution is 7.98. The third kappa shape index (κ3) is 3.82. The van der Waals surface area contributed by atoms with Crippen LogP contribution in [-0.4, -0.2) is 38.9 Å². The summed E-state index contributed by atoms with van der Waals surface area (Å²) in [5, 5.41) is 19.4. The fraction of sp³-hybridized carbons (Fsp3) is 0.308. The summed E-state index contributed by atoms with van der Waals surface area (Å²) in [6.07, 6.45) is 4.07. The fourth-order valence-electron chi connectivity index (χ4n) is 1.73. The van der Waals surface area contributed by atoms with E-state index in [9.17, 15) is 4.79 Å². The van der Waals surface area contributed by atoms with Gasteiger partial charge in [-0.2, -0.15) is 0 Å². The number of aliphatic hydroxyl groups excluding tert-OH is 1.